The number of hydrogen-bond acceptors (Lipinski definition) is 8. The third-order valence-corrected chi connectivity index (χ3v) is 6.79. The van der Waals surface area contributed by atoms with Crippen molar-refractivity contribution in [1.29, 1.82) is 0 Å². The molecule has 0 saturated heterocycles. The van der Waals surface area contributed by atoms with Gasteiger partial charge >= 0.3 is 0 Å². The zero-order valence-corrected chi connectivity index (χ0v) is 19.5. The van der Waals surface area contributed by atoms with Crippen molar-refractivity contribution in [3.05, 3.63) is 48.3 Å². The van der Waals surface area contributed by atoms with Gasteiger partial charge in [0.05, 0.1) is 12.2 Å². The number of hydrogen-bond donors (Lipinski definition) is 0. The molecular weight excluding hydrogens is 443 g/mol. The molecule has 1 aromatic carbocycles. The molecule has 3 aromatic heterocycles. The van der Waals surface area contributed by atoms with E-state index in [0.717, 1.165) is 42.3 Å². The molecule has 10 heteroatoms. The lowest BCUT2D eigenvalue weighted by molar-refractivity contribution is 0.263. The van der Waals surface area contributed by atoms with Crippen molar-refractivity contribution < 1.29 is 13.7 Å². The van der Waals surface area contributed by atoms with Crippen molar-refractivity contribution in [2.45, 2.75) is 62.3 Å². The van der Waals surface area contributed by atoms with Crippen LogP contribution in [-0.2, 0) is 0 Å². The van der Waals surface area contributed by atoms with Crippen LogP contribution >= 0.6 is 11.8 Å². The normalized spacial score (nSPS) is 18.8. The Kier molecular flexibility index (Phi) is 6.01. The second-order valence-corrected chi connectivity index (χ2v) is 9.43. The standard InChI is InChI=1S/C23H25FN6O2S/c1-13(2)20-28-22(32-29-20)14-4-6-15(7-5-14)30-21-17(11-27-30)23(26-12-25-21)31-19-9-8-16(33-3)10-18(19)24/h8-15H,4-7H2,1-3H3. The van der Waals surface area contributed by atoms with Gasteiger partial charge in [-0.15, -0.1) is 11.8 Å². The summed E-state index contributed by atoms with van der Waals surface area (Å²) < 4.78 is 27.7. The molecule has 172 valence electrons. The van der Waals surface area contributed by atoms with E-state index in [9.17, 15) is 4.39 Å². The molecule has 1 aliphatic carbocycles. The second kappa shape index (κ2) is 9.09. The Balaban J connectivity index is 1.33. The van der Waals surface area contributed by atoms with Gasteiger partial charge in [0, 0.05) is 16.7 Å². The number of thioether (sulfide) groups is 1. The van der Waals surface area contributed by atoms with Crippen LogP contribution in [0.4, 0.5) is 4.39 Å². The molecule has 1 aliphatic rings. The molecule has 0 bridgehead atoms. The number of aromatic nitrogens is 6. The maximum atomic E-state index is 14.4. The van der Waals surface area contributed by atoms with E-state index in [4.69, 9.17) is 9.26 Å². The predicted octanol–water partition coefficient (Wildman–Crippen LogP) is 5.88. The summed E-state index contributed by atoms with van der Waals surface area (Å²) in [5, 5.41) is 9.34. The highest BCUT2D eigenvalue weighted by Crippen LogP contribution is 2.39. The van der Waals surface area contributed by atoms with E-state index in [1.54, 1.807) is 12.3 Å². The number of fused-ring (bicyclic) bond motifs is 1. The summed E-state index contributed by atoms with van der Waals surface area (Å²) in [5.41, 5.74) is 0.685. The minimum absolute atomic E-state index is 0.126. The van der Waals surface area contributed by atoms with Crippen LogP contribution in [0.2, 0.25) is 0 Å². The highest BCUT2D eigenvalue weighted by Gasteiger charge is 2.29. The van der Waals surface area contributed by atoms with Crippen molar-refractivity contribution in [3.63, 3.8) is 0 Å². The topological polar surface area (TPSA) is 91.8 Å². The molecule has 0 unspecified atom stereocenters. The molecule has 1 fully saturated rings. The average Bonchev–Trinajstić information content (AvgIpc) is 3.49. The second-order valence-electron chi connectivity index (χ2n) is 8.55. The van der Waals surface area contributed by atoms with Crippen molar-refractivity contribution in [2.24, 2.45) is 0 Å². The fourth-order valence-electron chi connectivity index (χ4n) is 4.20. The summed E-state index contributed by atoms with van der Waals surface area (Å²) >= 11 is 1.47. The first kappa shape index (κ1) is 21.8. The van der Waals surface area contributed by atoms with Gasteiger partial charge in [-0.25, -0.2) is 19.0 Å². The molecule has 0 radical (unpaired) electrons. The first-order valence-corrected chi connectivity index (χ1v) is 12.3. The molecule has 0 aliphatic heterocycles. The zero-order valence-electron chi connectivity index (χ0n) is 18.7. The van der Waals surface area contributed by atoms with E-state index in [1.165, 1.54) is 24.2 Å². The highest BCUT2D eigenvalue weighted by molar-refractivity contribution is 7.98. The van der Waals surface area contributed by atoms with E-state index in [-0.39, 0.29) is 23.6 Å². The van der Waals surface area contributed by atoms with Crippen molar-refractivity contribution in [2.75, 3.05) is 6.26 Å². The molecule has 33 heavy (non-hydrogen) atoms. The molecule has 0 spiro atoms. The lowest BCUT2D eigenvalue weighted by atomic mass is 9.86. The maximum Gasteiger partial charge on any atom is 0.233 e. The van der Waals surface area contributed by atoms with Gasteiger partial charge in [0.1, 0.15) is 11.7 Å². The largest absolute Gasteiger partial charge is 0.435 e. The summed E-state index contributed by atoms with van der Waals surface area (Å²) in [6, 6.07) is 5.08. The number of rotatable bonds is 6. The Hall–Kier alpha value is -3.01. The zero-order chi connectivity index (χ0) is 22.9. The van der Waals surface area contributed by atoms with Gasteiger partial charge in [-0.1, -0.05) is 19.0 Å². The monoisotopic (exact) mass is 468 g/mol. The van der Waals surface area contributed by atoms with Gasteiger partial charge in [-0.2, -0.15) is 10.1 Å². The number of ether oxygens (including phenoxy) is 1. The van der Waals surface area contributed by atoms with E-state index in [0.29, 0.717) is 16.9 Å². The Morgan fingerprint density at radius 2 is 2.00 bits per heavy atom. The number of benzene rings is 1. The molecule has 4 aromatic rings. The Morgan fingerprint density at radius 1 is 1.18 bits per heavy atom. The summed E-state index contributed by atoms with van der Waals surface area (Å²) in [4.78, 5) is 14.1. The third-order valence-electron chi connectivity index (χ3n) is 6.07. The van der Waals surface area contributed by atoms with Crippen LogP contribution in [0.15, 0.2) is 40.1 Å². The van der Waals surface area contributed by atoms with E-state index >= 15 is 0 Å². The van der Waals surface area contributed by atoms with Crippen LogP contribution in [0.3, 0.4) is 0 Å². The predicted molar refractivity (Wildman–Crippen MR) is 122 cm³/mol. The number of nitrogens with zero attached hydrogens (tertiary/aromatic N) is 6. The minimum atomic E-state index is -0.430. The quantitative estimate of drug-likeness (QED) is 0.324. The molecule has 5 rings (SSSR count). The maximum absolute atomic E-state index is 14.4. The summed E-state index contributed by atoms with van der Waals surface area (Å²) in [6.07, 6.45) is 8.74. The molecule has 3 heterocycles. The van der Waals surface area contributed by atoms with Crippen LogP contribution in [0, 0.1) is 5.82 Å². The van der Waals surface area contributed by atoms with Crippen LogP contribution in [0.1, 0.15) is 69.1 Å². The average molecular weight is 469 g/mol. The summed E-state index contributed by atoms with van der Waals surface area (Å²) in [7, 11) is 0. The molecule has 0 amide bonds. The molecule has 8 nitrogen and oxygen atoms in total. The Morgan fingerprint density at radius 3 is 2.70 bits per heavy atom. The lowest BCUT2D eigenvalue weighted by Crippen LogP contribution is -2.18. The van der Waals surface area contributed by atoms with Crippen molar-refractivity contribution in [3.8, 4) is 11.6 Å². The van der Waals surface area contributed by atoms with Gasteiger partial charge in [0.15, 0.2) is 23.0 Å². The highest BCUT2D eigenvalue weighted by atomic mass is 32.2. The minimum Gasteiger partial charge on any atom is -0.435 e. The first-order valence-electron chi connectivity index (χ1n) is 11.1. The smallest absolute Gasteiger partial charge is 0.233 e. The van der Waals surface area contributed by atoms with Gasteiger partial charge in [0.25, 0.3) is 0 Å². The van der Waals surface area contributed by atoms with Crippen LogP contribution in [0.25, 0.3) is 11.0 Å². The Bertz CT molecular complexity index is 1270. The molecule has 1 saturated carbocycles. The van der Waals surface area contributed by atoms with E-state index in [1.807, 2.05) is 17.0 Å². The lowest BCUT2D eigenvalue weighted by Gasteiger charge is -2.26. The first-order chi connectivity index (χ1) is 16.0. The van der Waals surface area contributed by atoms with Crippen LogP contribution in [-0.4, -0.2) is 36.1 Å². The van der Waals surface area contributed by atoms with Gasteiger partial charge in [-0.05, 0) is 50.1 Å². The SMILES string of the molecule is CSc1ccc(Oc2ncnc3c2cnn3C2CCC(c3nc(C(C)C)no3)CC2)c(F)c1. The van der Waals surface area contributed by atoms with E-state index < -0.39 is 5.82 Å². The third kappa shape index (κ3) is 4.31. The van der Waals surface area contributed by atoms with Crippen LogP contribution in [0.5, 0.6) is 11.6 Å². The van der Waals surface area contributed by atoms with Gasteiger partial charge in [-0.3, -0.25) is 0 Å². The van der Waals surface area contributed by atoms with Crippen molar-refractivity contribution >= 4 is 22.8 Å². The molecule has 0 N–H and O–H groups in total. The van der Waals surface area contributed by atoms with Crippen LogP contribution < -0.4 is 4.74 Å². The van der Waals surface area contributed by atoms with Gasteiger partial charge < -0.3 is 9.26 Å². The summed E-state index contributed by atoms with van der Waals surface area (Å²) in [6.45, 7) is 4.11. The molecular formula is C23H25FN6O2S. The van der Waals surface area contributed by atoms with E-state index in [2.05, 4.69) is 39.1 Å². The fourth-order valence-corrected chi connectivity index (χ4v) is 4.63. The Labute approximate surface area is 195 Å². The van der Waals surface area contributed by atoms with Crippen molar-refractivity contribution in [1.82, 2.24) is 29.9 Å². The fraction of sp³-hybridized carbons (Fsp3) is 0.435. The number of halogens is 1. The molecule has 0 atom stereocenters. The summed E-state index contributed by atoms with van der Waals surface area (Å²) in [5.74, 6) is 2.00. The van der Waals surface area contributed by atoms with Gasteiger partial charge in [0.2, 0.25) is 11.8 Å².